The molecular weight excluding hydrogens is 246 g/mol. The van der Waals surface area contributed by atoms with Crippen LogP contribution in [0.5, 0.6) is 0 Å². The average molecular weight is 257 g/mol. The van der Waals surface area contributed by atoms with Crippen molar-refractivity contribution in [1.29, 1.82) is 0 Å². The van der Waals surface area contributed by atoms with Crippen LogP contribution in [0.3, 0.4) is 0 Å². The van der Waals surface area contributed by atoms with Gasteiger partial charge < -0.3 is 15.5 Å². The summed E-state index contributed by atoms with van der Waals surface area (Å²) >= 11 is 1.28. The summed E-state index contributed by atoms with van der Waals surface area (Å²) < 4.78 is 5.16. The topological polar surface area (TPSA) is 114 Å². The Hall–Kier alpha value is -1.61. The Balaban J connectivity index is 1.79. The molecule has 0 atom stereocenters. The van der Waals surface area contributed by atoms with Crippen molar-refractivity contribution in [3.05, 3.63) is 5.89 Å². The number of hydrogen-bond acceptors (Lipinski definition) is 7. The second-order valence-electron chi connectivity index (χ2n) is 3.22. The number of hydrogen-bond donors (Lipinski definition) is 2. The van der Waals surface area contributed by atoms with Gasteiger partial charge in [0.25, 0.3) is 5.22 Å². The smallest absolute Gasteiger partial charge is 0.324 e. The lowest BCUT2D eigenvalue weighted by molar-refractivity contribution is -0.124. The van der Waals surface area contributed by atoms with Crippen molar-refractivity contribution < 1.29 is 14.0 Å². The van der Waals surface area contributed by atoms with Crippen LogP contribution in [0.1, 0.15) is 5.89 Å². The van der Waals surface area contributed by atoms with Gasteiger partial charge in [-0.25, -0.2) is 4.79 Å². The maximum Gasteiger partial charge on any atom is 0.324 e. The molecule has 0 unspecified atom stereocenters. The van der Waals surface area contributed by atoms with Gasteiger partial charge in [-0.05, 0) is 0 Å². The Bertz CT molecular complexity index is 419. The molecule has 92 valence electrons. The summed E-state index contributed by atoms with van der Waals surface area (Å²) in [5.74, 6) is 0.650. The average Bonchev–Trinajstić information content (AvgIpc) is 2.90. The highest BCUT2D eigenvalue weighted by Crippen LogP contribution is 2.16. The van der Waals surface area contributed by atoms with E-state index in [9.17, 15) is 9.59 Å². The van der Waals surface area contributed by atoms with E-state index in [1.165, 1.54) is 11.8 Å². The molecule has 0 aliphatic carbocycles. The number of nitrogens with zero attached hydrogens (tertiary/aromatic N) is 3. The highest BCUT2D eigenvalue weighted by atomic mass is 32.2. The molecule has 0 bridgehead atoms. The Kier molecular flexibility index (Phi) is 3.59. The van der Waals surface area contributed by atoms with Crippen LogP contribution in [-0.2, 0) is 11.3 Å². The lowest BCUT2D eigenvalue weighted by Crippen LogP contribution is -2.32. The summed E-state index contributed by atoms with van der Waals surface area (Å²) in [6, 6.07) is -0.358. The van der Waals surface area contributed by atoms with E-state index < -0.39 is 0 Å². The Morgan fingerprint density at radius 1 is 1.47 bits per heavy atom. The number of urea groups is 1. The first-order chi connectivity index (χ1) is 8.20. The zero-order valence-electron chi connectivity index (χ0n) is 8.88. The monoisotopic (exact) mass is 257 g/mol. The summed E-state index contributed by atoms with van der Waals surface area (Å²) in [6.45, 7) is 0.581. The predicted octanol–water partition coefficient (Wildman–Crippen LogP) is -0.828. The molecule has 3 N–H and O–H groups in total. The van der Waals surface area contributed by atoms with Gasteiger partial charge >= 0.3 is 6.03 Å². The summed E-state index contributed by atoms with van der Waals surface area (Å²) in [5.41, 5.74) is 5.32. The van der Waals surface area contributed by atoms with Crippen molar-refractivity contribution in [2.75, 3.05) is 18.8 Å². The second kappa shape index (κ2) is 5.15. The Morgan fingerprint density at radius 3 is 2.88 bits per heavy atom. The van der Waals surface area contributed by atoms with Gasteiger partial charge in [-0.2, -0.15) is 0 Å². The van der Waals surface area contributed by atoms with Gasteiger partial charge in [0.1, 0.15) is 0 Å². The zero-order chi connectivity index (χ0) is 12.3. The molecule has 1 fully saturated rings. The molecule has 0 spiro atoms. The largest absolute Gasteiger partial charge is 0.415 e. The minimum atomic E-state index is -0.358. The first-order valence-electron chi connectivity index (χ1n) is 4.94. The van der Waals surface area contributed by atoms with Crippen LogP contribution >= 0.6 is 11.8 Å². The molecule has 3 amide bonds. The van der Waals surface area contributed by atoms with Crippen LogP contribution in [0.25, 0.3) is 0 Å². The van der Waals surface area contributed by atoms with Gasteiger partial charge in [0.2, 0.25) is 11.8 Å². The lowest BCUT2D eigenvalue weighted by atomic mass is 10.5. The number of carbonyl (C=O) groups is 2. The lowest BCUT2D eigenvalue weighted by Gasteiger charge is -2.10. The molecule has 0 aromatic carbocycles. The van der Waals surface area contributed by atoms with E-state index in [1.54, 1.807) is 0 Å². The van der Waals surface area contributed by atoms with E-state index in [0.29, 0.717) is 23.4 Å². The molecule has 1 aromatic heterocycles. The van der Waals surface area contributed by atoms with E-state index in [2.05, 4.69) is 15.5 Å². The molecule has 8 nitrogen and oxygen atoms in total. The fourth-order valence-electron chi connectivity index (χ4n) is 1.28. The number of carbonyl (C=O) groups excluding carboxylic acids is 2. The van der Waals surface area contributed by atoms with E-state index in [4.69, 9.17) is 10.2 Å². The molecule has 1 aromatic rings. The van der Waals surface area contributed by atoms with Gasteiger partial charge in [-0.3, -0.25) is 9.69 Å². The van der Waals surface area contributed by atoms with Crippen LogP contribution in [0.15, 0.2) is 9.64 Å². The fraction of sp³-hybridized carbons (Fsp3) is 0.500. The molecule has 1 aliphatic heterocycles. The van der Waals surface area contributed by atoms with Crippen molar-refractivity contribution >= 4 is 23.7 Å². The van der Waals surface area contributed by atoms with E-state index in [1.807, 2.05) is 0 Å². The third kappa shape index (κ3) is 2.74. The van der Waals surface area contributed by atoms with Crippen LogP contribution in [0, 0.1) is 0 Å². The van der Waals surface area contributed by atoms with Gasteiger partial charge in [-0.1, -0.05) is 11.8 Å². The highest BCUT2D eigenvalue weighted by molar-refractivity contribution is 7.99. The third-order valence-corrected chi connectivity index (χ3v) is 2.90. The molecule has 2 heterocycles. The summed E-state index contributed by atoms with van der Waals surface area (Å²) in [6.07, 6.45) is 0. The molecular formula is C8H11N5O3S. The second-order valence-corrected chi connectivity index (χ2v) is 4.26. The standard InChI is InChI=1S/C8H11N5O3S/c9-3-5-11-12-8(16-5)17-2-1-13-6(14)4-10-7(13)15/h1-4,9H2,(H,10,15). The SMILES string of the molecule is NCc1nnc(SCCN2C(=O)CNC2=O)o1. The minimum Gasteiger partial charge on any atom is -0.415 e. The number of amides is 3. The van der Waals surface area contributed by atoms with Crippen molar-refractivity contribution in [3.8, 4) is 0 Å². The zero-order valence-corrected chi connectivity index (χ0v) is 9.70. The van der Waals surface area contributed by atoms with E-state index >= 15 is 0 Å². The molecule has 1 saturated heterocycles. The van der Waals surface area contributed by atoms with E-state index in [-0.39, 0.29) is 25.0 Å². The maximum absolute atomic E-state index is 11.2. The summed E-state index contributed by atoms with van der Waals surface area (Å²) in [5, 5.41) is 10.3. The van der Waals surface area contributed by atoms with Crippen molar-refractivity contribution in [1.82, 2.24) is 20.4 Å². The first-order valence-corrected chi connectivity index (χ1v) is 5.92. The number of imide groups is 1. The number of thioether (sulfide) groups is 1. The van der Waals surface area contributed by atoms with Crippen LogP contribution in [-0.4, -0.2) is 45.9 Å². The molecule has 1 aliphatic rings. The van der Waals surface area contributed by atoms with Crippen molar-refractivity contribution in [2.45, 2.75) is 11.8 Å². The number of aromatic nitrogens is 2. The van der Waals surface area contributed by atoms with Gasteiger partial charge in [0.05, 0.1) is 13.1 Å². The molecule has 0 radical (unpaired) electrons. The minimum absolute atomic E-state index is 0.0708. The normalized spacial score (nSPS) is 15.5. The molecule has 2 rings (SSSR count). The maximum atomic E-state index is 11.2. The van der Waals surface area contributed by atoms with Crippen LogP contribution < -0.4 is 11.1 Å². The summed E-state index contributed by atoms with van der Waals surface area (Å²) in [7, 11) is 0. The first kappa shape index (κ1) is 11.9. The summed E-state index contributed by atoms with van der Waals surface area (Å²) in [4.78, 5) is 23.6. The van der Waals surface area contributed by atoms with Gasteiger partial charge in [0.15, 0.2) is 0 Å². The highest BCUT2D eigenvalue weighted by Gasteiger charge is 2.27. The molecule has 0 saturated carbocycles. The van der Waals surface area contributed by atoms with E-state index in [0.717, 1.165) is 4.90 Å². The van der Waals surface area contributed by atoms with Crippen molar-refractivity contribution in [3.63, 3.8) is 0 Å². The fourth-order valence-corrected chi connectivity index (χ4v) is 1.99. The Morgan fingerprint density at radius 2 is 2.29 bits per heavy atom. The van der Waals surface area contributed by atoms with Gasteiger partial charge in [0, 0.05) is 12.3 Å². The molecule has 17 heavy (non-hydrogen) atoms. The van der Waals surface area contributed by atoms with Crippen molar-refractivity contribution in [2.24, 2.45) is 5.73 Å². The number of rotatable bonds is 5. The molecule has 9 heteroatoms. The van der Waals surface area contributed by atoms with Gasteiger partial charge in [-0.15, -0.1) is 10.2 Å². The number of nitrogens with one attached hydrogen (secondary N) is 1. The Labute approximate surface area is 101 Å². The third-order valence-electron chi connectivity index (χ3n) is 2.10. The quantitative estimate of drug-likeness (QED) is 0.522. The predicted molar refractivity (Wildman–Crippen MR) is 58.0 cm³/mol. The number of nitrogens with two attached hydrogens (primary N) is 1. The van der Waals surface area contributed by atoms with Crippen LogP contribution in [0.2, 0.25) is 0 Å². The van der Waals surface area contributed by atoms with Crippen LogP contribution in [0.4, 0.5) is 4.79 Å².